The molecular formula is C17H36N2O2. The van der Waals surface area contributed by atoms with Crippen molar-refractivity contribution in [1.29, 1.82) is 0 Å². The second-order valence-electron chi connectivity index (χ2n) is 6.48. The van der Waals surface area contributed by atoms with Crippen molar-refractivity contribution in [2.24, 2.45) is 17.6 Å². The summed E-state index contributed by atoms with van der Waals surface area (Å²) in [4.78, 5) is 2.50. The third-order valence-electron chi connectivity index (χ3n) is 4.78. The van der Waals surface area contributed by atoms with Crippen LogP contribution in [0, 0.1) is 11.8 Å². The predicted molar refractivity (Wildman–Crippen MR) is 88.5 cm³/mol. The second kappa shape index (κ2) is 10.5. The lowest BCUT2D eigenvalue weighted by Crippen LogP contribution is -2.53. The van der Waals surface area contributed by atoms with Crippen LogP contribution in [0.2, 0.25) is 0 Å². The van der Waals surface area contributed by atoms with Crippen molar-refractivity contribution in [2.75, 3.05) is 39.5 Å². The van der Waals surface area contributed by atoms with Gasteiger partial charge in [0.1, 0.15) is 0 Å². The maximum atomic E-state index is 6.43. The smallest absolute Gasteiger partial charge is 0.0593 e. The van der Waals surface area contributed by atoms with Gasteiger partial charge in [-0.05, 0) is 44.9 Å². The van der Waals surface area contributed by atoms with Crippen molar-refractivity contribution in [3.8, 4) is 0 Å². The molecule has 21 heavy (non-hydrogen) atoms. The average molecular weight is 300 g/mol. The van der Waals surface area contributed by atoms with Gasteiger partial charge in [0.15, 0.2) is 0 Å². The maximum absolute atomic E-state index is 6.43. The molecule has 0 amide bonds. The lowest BCUT2D eigenvalue weighted by atomic mass is 9.76. The van der Waals surface area contributed by atoms with Gasteiger partial charge in [-0.2, -0.15) is 0 Å². The van der Waals surface area contributed by atoms with Gasteiger partial charge in [0.05, 0.1) is 13.2 Å². The van der Waals surface area contributed by atoms with E-state index < -0.39 is 0 Å². The zero-order valence-corrected chi connectivity index (χ0v) is 14.5. The van der Waals surface area contributed by atoms with Crippen LogP contribution in [0.4, 0.5) is 0 Å². The standard InChI is InChI=1S/C17H36N2O2/c1-5-20-11-9-19(10-12-21-6-2)17-13-15(14(3)4)7-8-16(17)18/h14-17H,5-13,18H2,1-4H3. The molecule has 0 aromatic heterocycles. The molecule has 0 saturated heterocycles. The number of ether oxygens (including phenoxy) is 2. The monoisotopic (exact) mass is 300 g/mol. The number of nitrogens with two attached hydrogens (primary N) is 1. The van der Waals surface area contributed by atoms with E-state index in [1.165, 1.54) is 12.8 Å². The van der Waals surface area contributed by atoms with E-state index >= 15 is 0 Å². The van der Waals surface area contributed by atoms with Gasteiger partial charge in [0, 0.05) is 38.4 Å². The van der Waals surface area contributed by atoms with Crippen molar-refractivity contribution in [3.05, 3.63) is 0 Å². The van der Waals surface area contributed by atoms with E-state index in [4.69, 9.17) is 15.2 Å². The van der Waals surface area contributed by atoms with Gasteiger partial charge in [0.25, 0.3) is 0 Å². The first-order chi connectivity index (χ1) is 10.1. The second-order valence-corrected chi connectivity index (χ2v) is 6.48. The zero-order chi connectivity index (χ0) is 15.7. The molecule has 0 bridgehead atoms. The summed E-state index contributed by atoms with van der Waals surface area (Å²) in [6.07, 6.45) is 3.64. The molecule has 0 spiro atoms. The Hall–Kier alpha value is -0.160. The lowest BCUT2D eigenvalue weighted by molar-refractivity contribution is 0.0341. The molecule has 1 saturated carbocycles. The Morgan fingerprint density at radius 1 is 1.05 bits per heavy atom. The quantitative estimate of drug-likeness (QED) is 0.630. The van der Waals surface area contributed by atoms with Crippen LogP contribution < -0.4 is 5.73 Å². The van der Waals surface area contributed by atoms with E-state index in [-0.39, 0.29) is 0 Å². The molecule has 0 heterocycles. The molecule has 3 unspecified atom stereocenters. The van der Waals surface area contributed by atoms with Gasteiger partial charge in [-0.15, -0.1) is 0 Å². The summed E-state index contributed by atoms with van der Waals surface area (Å²) in [5.41, 5.74) is 6.43. The van der Waals surface area contributed by atoms with Gasteiger partial charge < -0.3 is 15.2 Å². The van der Waals surface area contributed by atoms with Crippen molar-refractivity contribution in [3.63, 3.8) is 0 Å². The van der Waals surface area contributed by atoms with E-state index in [0.717, 1.165) is 57.8 Å². The molecule has 1 rings (SSSR count). The Bertz CT molecular complexity index is 251. The highest BCUT2D eigenvalue weighted by atomic mass is 16.5. The average Bonchev–Trinajstić information content (AvgIpc) is 2.46. The first-order valence-electron chi connectivity index (χ1n) is 8.75. The predicted octanol–water partition coefficient (Wildman–Crippen LogP) is 2.51. The Balaban J connectivity index is 2.58. The van der Waals surface area contributed by atoms with Crippen molar-refractivity contribution in [2.45, 2.75) is 59.0 Å². The Kier molecular flexibility index (Phi) is 9.49. The van der Waals surface area contributed by atoms with Crippen molar-refractivity contribution < 1.29 is 9.47 Å². The largest absolute Gasteiger partial charge is 0.380 e. The Morgan fingerprint density at radius 2 is 1.62 bits per heavy atom. The molecule has 0 aromatic carbocycles. The molecular weight excluding hydrogens is 264 g/mol. The fourth-order valence-corrected chi connectivity index (χ4v) is 3.32. The fourth-order valence-electron chi connectivity index (χ4n) is 3.32. The van der Waals surface area contributed by atoms with E-state index in [2.05, 4.69) is 18.7 Å². The highest BCUT2D eigenvalue weighted by Gasteiger charge is 2.33. The summed E-state index contributed by atoms with van der Waals surface area (Å²) in [6.45, 7) is 13.8. The molecule has 0 radical (unpaired) electrons. The highest BCUT2D eigenvalue weighted by molar-refractivity contribution is 4.90. The minimum atomic E-state index is 0.295. The van der Waals surface area contributed by atoms with E-state index in [0.29, 0.717) is 12.1 Å². The summed E-state index contributed by atoms with van der Waals surface area (Å²) in [5.74, 6) is 1.55. The van der Waals surface area contributed by atoms with Gasteiger partial charge in [-0.1, -0.05) is 13.8 Å². The molecule has 1 fully saturated rings. The number of hydrogen-bond acceptors (Lipinski definition) is 4. The van der Waals surface area contributed by atoms with Crippen LogP contribution in [0.3, 0.4) is 0 Å². The van der Waals surface area contributed by atoms with Crippen LogP contribution in [-0.4, -0.2) is 56.5 Å². The molecule has 3 atom stereocenters. The van der Waals surface area contributed by atoms with Gasteiger partial charge in [-0.3, -0.25) is 4.90 Å². The van der Waals surface area contributed by atoms with E-state index in [1.807, 2.05) is 13.8 Å². The summed E-state index contributed by atoms with van der Waals surface area (Å²) < 4.78 is 11.1. The van der Waals surface area contributed by atoms with Crippen LogP contribution in [0.5, 0.6) is 0 Å². The van der Waals surface area contributed by atoms with Crippen LogP contribution >= 0.6 is 0 Å². The third-order valence-corrected chi connectivity index (χ3v) is 4.78. The van der Waals surface area contributed by atoms with Crippen LogP contribution in [0.25, 0.3) is 0 Å². The molecule has 0 aliphatic heterocycles. The van der Waals surface area contributed by atoms with Crippen LogP contribution in [-0.2, 0) is 9.47 Å². The van der Waals surface area contributed by atoms with Crippen molar-refractivity contribution >= 4 is 0 Å². The normalized spacial score (nSPS) is 26.7. The lowest BCUT2D eigenvalue weighted by Gasteiger charge is -2.42. The molecule has 0 aromatic rings. The molecule has 1 aliphatic rings. The minimum Gasteiger partial charge on any atom is -0.380 e. The Labute approximate surface area is 131 Å². The number of hydrogen-bond donors (Lipinski definition) is 1. The summed E-state index contributed by atoms with van der Waals surface area (Å²) in [5, 5.41) is 0. The summed E-state index contributed by atoms with van der Waals surface area (Å²) in [6, 6.07) is 0.773. The fraction of sp³-hybridized carbons (Fsp3) is 1.00. The molecule has 1 aliphatic carbocycles. The molecule has 126 valence electrons. The van der Waals surface area contributed by atoms with E-state index in [9.17, 15) is 0 Å². The third kappa shape index (κ3) is 6.64. The Morgan fingerprint density at radius 3 is 2.10 bits per heavy atom. The summed E-state index contributed by atoms with van der Waals surface area (Å²) >= 11 is 0. The molecule has 4 heteroatoms. The van der Waals surface area contributed by atoms with Gasteiger partial charge >= 0.3 is 0 Å². The number of nitrogens with zero attached hydrogens (tertiary/aromatic N) is 1. The highest BCUT2D eigenvalue weighted by Crippen LogP contribution is 2.32. The minimum absolute atomic E-state index is 0.295. The first-order valence-corrected chi connectivity index (χ1v) is 8.75. The van der Waals surface area contributed by atoms with Gasteiger partial charge in [-0.25, -0.2) is 0 Å². The zero-order valence-electron chi connectivity index (χ0n) is 14.5. The molecule has 4 nitrogen and oxygen atoms in total. The van der Waals surface area contributed by atoms with Gasteiger partial charge in [0.2, 0.25) is 0 Å². The SMILES string of the molecule is CCOCCN(CCOCC)C1CC(C(C)C)CCC1N. The molecule has 2 N–H and O–H groups in total. The summed E-state index contributed by atoms with van der Waals surface area (Å²) in [7, 11) is 0. The number of rotatable bonds is 10. The van der Waals surface area contributed by atoms with E-state index in [1.54, 1.807) is 0 Å². The first kappa shape index (κ1) is 18.9. The van der Waals surface area contributed by atoms with Crippen molar-refractivity contribution in [1.82, 2.24) is 4.90 Å². The maximum Gasteiger partial charge on any atom is 0.0593 e. The van der Waals surface area contributed by atoms with Crippen LogP contribution in [0.15, 0.2) is 0 Å². The van der Waals surface area contributed by atoms with Crippen LogP contribution in [0.1, 0.15) is 47.0 Å². The topological polar surface area (TPSA) is 47.7 Å².